The molecule has 2 N–H and O–H groups in total. The Hall–Kier alpha value is -3.30. The van der Waals surface area contributed by atoms with E-state index in [2.05, 4.69) is 21.7 Å². The number of nitrogens with zero attached hydrogens (tertiary/aromatic N) is 3. The standard InChI is InChI=1S/C26H29N5O3S/c1-26(14-13-18-8-3-2-4-9-18)24(33)31(25(34)28-26)29-22(32)17-30-15-7-10-19(16-30)23-27-20-11-5-6-12-21(20)35-23/h2-6,8-9,11-12,19H,7,10,13-17H2,1H3,(H,28,34)(H,29,32)/t19-,26-/m0/s1. The number of hydrazine groups is 1. The van der Waals surface area contributed by atoms with Crippen molar-refractivity contribution in [1.29, 1.82) is 0 Å². The molecule has 2 fully saturated rings. The fraction of sp³-hybridized carbons (Fsp3) is 0.385. The zero-order valence-corrected chi connectivity index (χ0v) is 20.5. The van der Waals surface area contributed by atoms with Gasteiger partial charge in [0.15, 0.2) is 0 Å². The Morgan fingerprint density at radius 3 is 2.74 bits per heavy atom. The zero-order valence-electron chi connectivity index (χ0n) is 19.7. The van der Waals surface area contributed by atoms with Gasteiger partial charge < -0.3 is 5.32 Å². The number of aromatic nitrogens is 1. The third kappa shape index (κ3) is 5.06. The summed E-state index contributed by atoms with van der Waals surface area (Å²) in [5, 5.41) is 4.69. The quantitative estimate of drug-likeness (QED) is 0.494. The molecule has 3 heterocycles. The summed E-state index contributed by atoms with van der Waals surface area (Å²) in [6.07, 6.45) is 3.09. The highest BCUT2D eigenvalue weighted by Gasteiger charge is 2.48. The van der Waals surface area contributed by atoms with Crippen molar-refractivity contribution in [1.82, 2.24) is 25.6 Å². The van der Waals surface area contributed by atoms with E-state index in [1.54, 1.807) is 18.3 Å². The first-order chi connectivity index (χ1) is 16.9. The summed E-state index contributed by atoms with van der Waals surface area (Å²) in [6.45, 7) is 3.35. The SMILES string of the molecule is C[C@@]1(CCc2ccccc2)NC(=O)N(NC(=O)CN2CCC[C@H](c3nc4ccccc4s3)C2)C1=O. The van der Waals surface area contributed by atoms with E-state index in [-0.39, 0.29) is 18.4 Å². The zero-order chi connectivity index (χ0) is 24.4. The number of fused-ring (bicyclic) bond motifs is 1. The van der Waals surface area contributed by atoms with Gasteiger partial charge >= 0.3 is 6.03 Å². The Labute approximate surface area is 208 Å². The summed E-state index contributed by atoms with van der Waals surface area (Å²) in [5.74, 6) is -0.532. The van der Waals surface area contributed by atoms with Crippen LogP contribution in [0, 0.1) is 0 Å². The molecule has 2 saturated heterocycles. The van der Waals surface area contributed by atoms with Crippen LogP contribution in [0.15, 0.2) is 54.6 Å². The third-order valence-corrected chi connectivity index (χ3v) is 7.99. The van der Waals surface area contributed by atoms with E-state index in [4.69, 9.17) is 4.98 Å². The lowest BCUT2D eigenvalue weighted by Gasteiger charge is -2.31. The molecular weight excluding hydrogens is 462 g/mol. The Bertz CT molecular complexity index is 1210. The molecule has 5 rings (SSSR count). The molecule has 0 saturated carbocycles. The summed E-state index contributed by atoms with van der Waals surface area (Å²) >= 11 is 1.71. The molecule has 0 aliphatic carbocycles. The first-order valence-electron chi connectivity index (χ1n) is 12.0. The predicted molar refractivity (Wildman–Crippen MR) is 135 cm³/mol. The van der Waals surface area contributed by atoms with Crippen LogP contribution in [-0.2, 0) is 16.0 Å². The number of para-hydroxylation sites is 1. The number of urea groups is 1. The topological polar surface area (TPSA) is 94.6 Å². The summed E-state index contributed by atoms with van der Waals surface area (Å²) in [7, 11) is 0. The number of hydrogen-bond acceptors (Lipinski definition) is 6. The second kappa shape index (κ2) is 9.75. The number of carbonyl (C=O) groups excluding carboxylic acids is 3. The van der Waals surface area contributed by atoms with Crippen LogP contribution in [0.4, 0.5) is 4.79 Å². The molecule has 182 valence electrons. The predicted octanol–water partition coefficient (Wildman–Crippen LogP) is 3.45. The molecule has 4 amide bonds. The Balaban J connectivity index is 1.17. The number of carbonyl (C=O) groups is 3. The molecule has 0 unspecified atom stereocenters. The van der Waals surface area contributed by atoms with Gasteiger partial charge in [0, 0.05) is 12.5 Å². The van der Waals surface area contributed by atoms with Gasteiger partial charge in [-0.2, -0.15) is 5.01 Å². The Kier molecular flexibility index (Phi) is 6.53. The van der Waals surface area contributed by atoms with Crippen molar-refractivity contribution in [3.8, 4) is 0 Å². The van der Waals surface area contributed by atoms with Crippen molar-refractivity contribution in [2.45, 2.75) is 44.1 Å². The maximum Gasteiger partial charge on any atom is 0.344 e. The van der Waals surface area contributed by atoms with Crippen LogP contribution in [0.5, 0.6) is 0 Å². The molecule has 0 spiro atoms. The van der Waals surface area contributed by atoms with E-state index in [9.17, 15) is 14.4 Å². The maximum atomic E-state index is 13.0. The summed E-state index contributed by atoms with van der Waals surface area (Å²) in [6, 6.07) is 17.3. The van der Waals surface area contributed by atoms with Crippen LogP contribution in [-0.4, -0.2) is 57.9 Å². The minimum Gasteiger partial charge on any atom is -0.322 e. The number of likely N-dealkylation sites (tertiary alicyclic amines) is 1. The molecular formula is C26H29N5O3S. The fourth-order valence-corrected chi connectivity index (χ4v) is 5.92. The molecule has 2 atom stereocenters. The Morgan fingerprint density at radius 1 is 1.17 bits per heavy atom. The molecule has 2 aliphatic heterocycles. The third-order valence-electron chi connectivity index (χ3n) is 6.79. The lowest BCUT2D eigenvalue weighted by Crippen LogP contribution is -2.52. The van der Waals surface area contributed by atoms with Crippen LogP contribution in [0.25, 0.3) is 10.2 Å². The fourth-order valence-electron chi connectivity index (χ4n) is 4.82. The number of imide groups is 1. The van der Waals surface area contributed by atoms with Crippen molar-refractivity contribution in [2.75, 3.05) is 19.6 Å². The minimum absolute atomic E-state index is 0.124. The number of hydrogen-bond donors (Lipinski definition) is 2. The van der Waals surface area contributed by atoms with Gasteiger partial charge in [0.05, 0.1) is 21.8 Å². The summed E-state index contributed by atoms with van der Waals surface area (Å²) in [4.78, 5) is 45.2. The van der Waals surface area contributed by atoms with E-state index in [0.717, 1.165) is 47.0 Å². The highest BCUT2D eigenvalue weighted by molar-refractivity contribution is 7.18. The first-order valence-corrected chi connectivity index (χ1v) is 12.8. The van der Waals surface area contributed by atoms with Crippen molar-refractivity contribution >= 4 is 39.4 Å². The second-order valence-corrected chi connectivity index (χ2v) is 10.6. The van der Waals surface area contributed by atoms with Gasteiger partial charge in [-0.25, -0.2) is 9.78 Å². The second-order valence-electron chi connectivity index (χ2n) is 9.52. The maximum absolute atomic E-state index is 13.0. The molecule has 0 bridgehead atoms. The molecule has 1 aromatic heterocycles. The van der Waals surface area contributed by atoms with E-state index < -0.39 is 17.5 Å². The largest absolute Gasteiger partial charge is 0.344 e. The van der Waals surface area contributed by atoms with Gasteiger partial charge in [-0.15, -0.1) is 11.3 Å². The minimum atomic E-state index is -1.05. The molecule has 2 aromatic carbocycles. The number of aryl methyl sites for hydroxylation is 1. The molecule has 0 radical (unpaired) electrons. The highest BCUT2D eigenvalue weighted by atomic mass is 32.1. The van der Waals surface area contributed by atoms with Crippen molar-refractivity contribution in [3.05, 3.63) is 65.2 Å². The van der Waals surface area contributed by atoms with Crippen molar-refractivity contribution in [3.63, 3.8) is 0 Å². The monoisotopic (exact) mass is 491 g/mol. The van der Waals surface area contributed by atoms with E-state index in [1.165, 1.54) is 4.70 Å². The first kappa shape index (κ1) is 23.4. The van der Waals surface area contributed by atoms with Crippen LogP contribution in [0.2, 0.25) is 0 Å². The average Bonchev–Trinajstić information content (AvgIpc) is 3.39. The van der Waals surface area contributed by atoms with E-state index in [0.29, 0.717) is 12.8 Å². The molecule has 2 aliphatic rings. The summed E-state index contributed by atoms with van der Waals surface area (Å²) in [5.41, 5.74) is 3.58. The number of benzene rings is 2. The van der Waals surface area contributed by atoms with E-state index in [1.807, 2.05) is 48.5 Å². The number of nitrogens with one attached hydrogen (secondary N) is 2. The molecule has 3 aromatic rings. The van der Waals surface area contributed by atoms with Crippen LogP contribution < -0.4 is 10.7 Å². The average molecular weight is 492 g/mol. The number of piperidine rings is 1. The normalized spacial score (nSPS) is 23.0. The van der Waals surface area contributed by atoms with Crippen LogP contribution in [0.1, 0.15) is 42.7 Å². The molecule has 8 nitrogen and oxygen atoms in total. The number of rotatable bonds is 7. The lowest BCUT2D eigenvalue weighted by molar-refractivity contribution is -0.139. The lowest BCUT2D eigenvalue weighted by atomic mass is 9.93. The van der Waals surface area contributed by atoms with Crippen molar-refractivity contribution in [2.24, 2.45) is 0 Å². The van der Waals surface area contributed by atoms with Gasteiger partial charge in [-0.05, 0) is 56.8 Å². The van der Waals surface area contributed by atoms with Gasteiger partial charge in [0.1, 0.15) is 5.54 Å². The Morgan fingerprint density at radius 2 is 1.94 bits per heavy atom. The smallest absolute Gasteiger partial charge is 0.322 e. The van der Waals surface area contributed by atoms with Gasteiger partial charge in [-0.3, -0.25) is 19.9 Å². The van der Waals surface area contributed by atoms with Crippen LogP contribution in [0.3, 0.4) is 0 Å². The number of thiazole rings is 1. The molecule has 9 heteroatoms. The number of amides is 4. The molecule has 35 heavy (non-hydrogen) atoms. The van der Waals surface area contributed by atoms with Gasteiger partial charge in [0.25, 0.3) is 11.8 Å². The highest BCUT2D eigenvalue weighted by Crippen LogP contribution is 2.33. The van der Waals surface area contributed by atoms with Gasteiger partial charge in [0.2, 0.25) is 0 Å². The van der Waals surface area contributed by atoms with Crippen LogP contribution >= 0.6 is 11.3 Å². The van der Waals surface area contributed by atoms with E-state index >= 15 is 0 Å². The van der Waals surface area contributed by atoms with Crippen molar-refractivity contribution < 1.29 is 14.4 Å². The van der Waals surface area contributed by atoms with Gasteiger partial charge in [-0.1, -0.05) is 42.5 Å². The summed E-state index contributed by atoms with van der Waals surface area (Å²) < 4.78 is 1.17.